The molecule has 0 radical (unpaired) electrons. The van der Waals surface area contributed by atoms with Gasteiger partial charge < -0.3 is 0 Å². The molecule has 2 heteroatoms. The van der Waals surface area contributed by atoms with E-state index in [9.17, 15) is 4.79 Å². The smallest absolute Gasteiger partial charge is 0.187 e. The van der Waals surface area contributed by atoms with Gasteiger partial charge in [-0.3, -0.25) is 9.69 Å². The third-order valence-electron chi connectivity index (χ3n) is 6.22. The van der Waals surface area contributed by atoms with Gasteiger partial charge in [0.25, 0.3) is 0 Å². The molecule has 2 nitrogen and oxygen atoms in total. The van der Waals surface area contributed by atoms with E-state index < -0.39 is 0 Å². The molecule has 1 saturated heterocycles. The van der Waals surface area contributed by atoms with Crippen LogP contribution in [0.4, 0.5) is 0 Å². The number of nitrogens with zero attached hydrogens (tertiary/aromatic N) is 1. The molecule has 0 saturated carbocycles. The Morgan fingerprint density at radius 3 is 1.66 bits per heavy atom. The highest BCUT2D eigenvalue weighted by Gasteiger charge is 2.26. The van der Waals surface area contributed by atoms with Gasteiger partial charge in [-0.25, -0.2) is 0 Å². The van der Waals surface area contributed by atoms with Gasteiger partial charge >= 0.3 is 0 Å². The number of Topliss-reactive ketones (excluding diaryl/α,β-unsaturated/α-hetero) is 1. The van der Waals surface area contributed by atoms with Crippen molar-refractivity contribution >= 4 is 39.5 Å². The predicted octanol–water partition coefficient (Wildman–Crippen LogP) is 6.75. The Bertz CT molecular complexity index is 1250. The Morgan fingerprint density at radius 2 is 1.16 bits per heavy atom. The van der Waals surface area contributed by atoms with Gasteiger partial charge in [0.05, 0.1) is 0 Å². The van der Waals surface area contributed by atoms with E-state index >= 15 is 0 Å². The van der Waals surface area contributed by atoms with Gasteiger partial charge in [0.2, 0.25) is 0 Å². The second-order valence-electron chi connectivity index (χ2n) is 8.52. The first-order valence-electron chi connectivity index (χ1n) is 11.4. The summed E-state index contributed by atoms with van der Waals surface area (Å²) in [7, 11) is 0. The Morgan fingerprint density at radius 1 is 0.688 bits per heavy atom. The minimum absolute atomic E-state index is 0.165. The van der Waals surface area contributed by atoms with E-state index in [1.54, 1.807) is 0 Å². The quantitative estimate of drug-likeness (QED) is 0.342. The highest BCUT2D eigenvalue weighted by molar-refractivity contribution is 6.16. The molecule has 0 unspecified atom stereocenters. The fraction of sp³-hybridized carbons (Fsp3) is 0.167. The van der Waals surface area contributed by atoms with E-state index in [2.05, 4.69) is 109 Å². The topological polar surface area (TPSA) is 20.3 Å². The first-order valence-corrected chi connectivity index (χ1v) is 11.4. The highest BCUT2D eigenvalue weighted by atomic mass is 16.1. The number of ketones is 1. The fourth-order valence-corrected chi connectivity index (χ4v) is 4.71. The van der Waals surface area contributed by atoms with Gasteiger partial charge in [0.1, 0.15) is 0 Å². The average Bonchev–Trinajstić information content (AvgIpc) is 2.82. The van der Waals surface area contributed by atoms with Crippen molar-refractivity contribution in [3.8, 4) is 0 Å². The molecule has 1 fully saturated rings. The molecule has 0 N–H and O–H groups in total. The minimum Gasteiger partial charge on any atom is -0.295 e. The molecule has 0 aliphatic carbocycles. The third-order valence-corrected chi connectivity index (χ3v) is 6.22. The number of hydrogen-bond acceptors (Lipinski definition) is 2. The fourth-order valence-electron chi connectivity index (χ4n) is 4.71. The molecule has 0 spiro atoms. The number of carbonyl (C=O) groups excluding carboxylic acids is 1. The van der Waals surface area contributed by atoms with Crippen LogP contribution in [0.25, 0.3) is 33.7 Å². The molecule has 0 aromatic heterocycles. The normalized spacial score (nSPS) is 17.6. The van der Waals surface area contributed by atoms with Crippen LogP contribution in [0.1, 0.15) is 24.5 Å². The number of likely N-dealkylation sites (tertiary alicyclic amines) is 1. The summed E-state index contributed by atoms with van der Waals surface area (Å²) in [4.78, 5) is 16.0. The number of fused-ring (bicyclic) bond motifs is 2. The first kappa shape index (κ1) is 20.4. The second kappa shape index (κ2) is 8.94. The number of benzene rings is 4. The summed E-state index contributed by atoms with van der Waals surface area (Å²) >= 11 is 0. The maximum Gasteiger partial charge on any atom is 0.187 e. The van der Waals surface area contributed by atoms with E-state index in [4.69, 9.17) is 0 Å². The van der Waals surface area contributed by atoms with Gasteiger partial charge in [0, 0.05) is 24.2 Å². The second-order valence-corrected chi connectivity index (χ2v) is 8.52. The Hall–Kier alpha value is -3.49. The van der Waals surface area contributed by atoms with Crippen LogP contribution in [-0.4, -0.2) is 30.3 Å². The van der Waals surface area contributed by atoms with E-state index in [0.717, 1.165) is 35.2 Å². The van der Waals surface area contributed by atoms with Gasteiger partial charge in [-0.1, -0.05) is 91.9 Å². The van der Waals surface area contributed by atoms with Gasteiger partial charge in [-0.05, 0) is 57.8 Å². The molecule has 32 heavy (non-hydrogen) atoms. The molecule has 0 amide bonds. The molecular formula is C30H27NO. The van der Waals surface area contributed by atoms with Crippen molar-refractivity contribution in [2.45, 2.75) is 13.3 Å². The van der Waals surface area contributed by atoms with Gasteiger partial charge in [-0.15, -0.1) is 0 Å². The summed E-state index contributed by atoms with van der Waals surface area (Å²) in [5.74, 6) is 0.165. The first-order chi connectivity index (χ1) is 15.7. The van der Waals surface area contributed by atoms with Gasteiger partial charge in [0.15, 0.2) is 5.78 Å². The zero-order valence-electron chi connectivity index (χ0n) is 18.4. The summed E-state index contributed by atoms with van der Waals surface area (Å²) in [6.07, 6.45) is 5.27. The molecule has 158 valence electrons. The molecule has 5 rings (SSSR count). The van der Waals surface area contributed by atoms with Crippen LogP contribution in [0.15, 0.2) is 96.1 Å². The SMILES string of the molecule is CCCN1CC(=Cc2cccc3ccccc23)C(=O)C(=Cc2cccc3ccccc23)C1. The molecule has 4 aromatic rings. The zero-order valence-corrected chi connectivity index (χ0v) is 18.4. The van der Waals surface area contributed by atoms with E-state index in [1.165, 1.54) is 21.5 Å². The van der Waals surface area contributed by atoms with Crippen molar-refractivity contribution in [3.05, 3.63) is 107 Å². The maximum absolute atomic E-state index is 13.6. The van der Waals surface area contributed by atoms with Crippen molar-refractivity contribution in [2.24, 2.45) is 0 Å². The van der Waals surface area contributed by atoms with Crippen LogP contribution in [0, 0.1) is 0 Å². The largest absolute Gasteiger partial charge is 0.295 e. The number of piperidine rings is 1. The Labute approximate surface area is 189 Å². The Kier molecular flexibility index (Phi) is 5.70. The summed E-state index contributed by atoms with van der Waals surface area (Å²) in [6.45, 7) is 4.57. The molecule has 0 bridgehead atoms. The average molecular weight is 418 g/mol. The van der Waals surface area contributed by atoms with Crippen LogP contribution in [0.2, 0.25) is 0 Å². The Balaban J connectivity index is 1.59. The van der Waals surface area contributed by atoms with E-state index in [-0.39, 0.29) is 5.78 Å². The van der Waals surface area contributed by atoms with Crippen molar-refractivity contribution in [1.82, 2.24) is 4.90 Å². The van der Waals surface area contributed by atoms with Crippen molar-refractivity contribution in [2.75, 3.05) is 19.6 Å². The minimum atomic E-state index is 0.165. The van der Waals surface area contributed by atoms with Crippen LogP contribution in [0.3, 0.4) is 0 Å². The monoisotopic (exact) mass is 417 g/mol. The standard InChI is InChI=1S/C30H27NO/c1-2-17-31-20-26(18-24-13-7-11-22-9-3-5-15-28(22)24)30(32)27(21-31)19-25-14-8-12-23-10-4-6-16-29(23)25/h3-16,18-19H,2,17,20-21H2,1H3. The molecule has 1 aliphatic rings. The molecule has 1 heterocycles. The van der Waals surface area contributed by atoms with Crippen molar-refractivity contribution < 1.29 is 4.79 Å². The molecule has 1 aliphatic heterocycles. The van der Waals surface area contributed by atoms with Crippen LogP contribution in [-0.2, 0) is 4.79 Å². The van der Waals surface area contributed by atoms with E-state index in [1.807, 2.05) is 0 Å². The van der Waals surface area contributed by atoms with Crippen LogP contribution >= 0.6 is 0 Å². The molecular weight excluding hydrogens is 390 g/mol. The van der Waals surface area contributed by atoms with Gasteiger partial charge in [-0.2, -0.15) is 0 Å². The summed E-state index contributed by atoms with van der Waals surface area (Å²) < 4.78 is 0. The lowest BCUT2D eigenvalue weighted by molar-refractivity contribution is -0.113. The molecule has 4 aromatic carbocycles. The summed E-state index contributed by atoms with van der Waals surface area (Å²) in [6, 6.07) is 29.3. The molecule has 0 atom stereocenters. The van der Waals surface area contributed by atoms with Crippen LogP contribution < -0.4 is 0 Å². The lowest BCUT2D eigenvalue weighted by Crippen LogP contribution is -2.38. The van der Waals surface area contributed by atoms with Crippen LogP contribution in [0.5, 0.6) is 0 Å². The summed E-state index contributed by atoms with van der Waals surface area (Å²) in [5, 5.41) is 4.76. The predicted molar refractivity (Wildman–Crippen MR) is 136 cm³/mol. The number of rotatable bonds is 4. The lowest BCUT2D eigenvalue weighted by Gasteiger charge is -2.29. The number of carbonyl (C=O) groups is 1. The zero-order chi connectivity index (χ0) is 21.9. The van der Waals surface area contributed by atoms with Crippen molar-refractivity contribution in [1.29, 1.82) is 0 Å². The third kappa shape index (κ3) is 4.02. The maximum atomic E-state index is 13.6. The van der Waals surface area contributed by atoms with Crippen molar-refractivity contribution in [3.63, 3.8) is 0 Å². The summed E-state index contributed by atoms with van der Waals surface area (Å²) in [5.41, 5.74) is 3.95. The number of hydrogen-bond donors (Lipinski definition) is 0. The van der Waals surface area contributed by atoms with E-state index in [0.29, 0.717) is 13.1 Å². The highest BCUT2D eigenvalue weighted by Crippen LogP contribution is 2.27. The lowest BCUT2D eigenvalue weighted by atomic mass is 9.92.